The number of likely N-dealkylation sites (N-methyl/N-ethyl adjacent to an activating group) is 1. The minimum Gasteiger partial charge on any atom is -0.444 e. The van der Waals surface area contributed by atoms with Crippen molar-refractivity contribution in [3.63, 3.8) is 0 Å². The smallest absolute Gasteiger partial charge is 0.408 e. The Kier molecular flexibility index (Phi) is 13.7. The third-order valence-corrected chi connectivity index (χ3v) is 10.9. The number of hydrogen-bond acceptors (Lipinski definition) is 8. The second kappa shape index (κ2) is 17.6. The molecule has 2 aliphatic carbocycles. The fourth-order valence-corrected chi connectivity index (χ4v) is 7.89. The van der Waals surface area contributed by atoms with E-state index in [1.165, 1.54) is 9.80 Å². The third-order valence-electron chi connectivity index (χ3n) is 10.9. The van der Waals surface area contributed by atoms with Gasteiger partial charge in [0.25, 0.3) is 5.91 Å². The van der Waals surface area contributed by atoms with Gasteiger partial charge in [-0.15, -0.1) is 6.58 Å². The van der Waals surface area contributed by atoms with E-state index in [1.54, 1.807) is 71.3 Å². The molecule has 54 heavy (non-hydrogen) atoms. The van der Waals surface area contributed by atoms with Crippen LogP contribution in [0, 0.1) is 23.2 Å². The Hall–Kier alpha value is -4.75. The summed E-state index contributed by atoms with van der Waals surface area (Å²) in [6.45, 7) is 12.7. The summed E-state index contributed by atoms with van der Waals surface area (Å²) in [6, 6.07) is 4.54. The summed E-state index contributed by atoms with van der Waals surface area (Å²) in [5, 5.41) is 10.5. The van der Waals surface area contributed by atoms with Gasteiger partial charge in [0.1, 0.15) is 23.7 Å². The molecule has 1 saturated heterocycles. The van der Waals surface area contributed by atoms with Crippen molar-refractivity contribution in [1.29, 1.82) is 0 Å². The molecule has 4 rings (SSSR count). The number of ketones is 1. The Labute approximate surface area is 318 Å². The average Bonchev–Trinajstić information content (AvgIpc) is 3.42. The van der Waals surface area contributed by atoms with E-state index in [9.17, 15) is 33.6 Å². The lowest BCUT2D eigenvalue weighted by Gasteiger charge is -2.37. The van der Waals surface area contributed by atoms with E-state index in [2.05, 4.69) is 27.8 Å². The first kappa shape index (κ1) is 42.0. The average molecular weight is 751 g/mol. The molecule has 1 aromatic rings. The zero-order valence-corrected chi connectivity index (χ0v) is 32.7. The molecular formula is C40H58N6O8. The van der Waals surface area contributed by atoms with Crippen molar-refractivity contribution in [3.05, 3.63) is 48.6 Å². The number of piperidine rings is 1. The van der Waals surface area contributed by atoms with E-state index in [0.29, 0.717) is 18.5 Å². The predicted molar refractivity (Wildman–Crippen MR) is 201 cm³/mol. The van der Waals surface area contributed by atoms with Crippen LogP contribution in [0.4, 0.5) is 4.79 Å². The van der Waals surface area contributed by atoms with Gasteiger partial charge >= 0.3 is 6.09 Å². The van der Waals surface area contributed by atoms with Crippen LogP contribution in [0.1, 0.15) is 91.2 Å². The van der Waals surface area contributed by atoms with Crippen molar-refractivity contribution < 1.29 is 38.3 Å². The monoisotopic (exact) mass is 750 g/mol. The molecule has 296 valence electrons. The van der Waals surface area contributed by atoms with Gasteiger partial charge in [-0.05, 0) is 75.2 Å². The van der Waals surface area contributed by atoms with Gasteiger partial charge in [-0.1, -0.05) is 69.5 Å². The number of amides is 6. The standard InChI is InChI=1S/C40H58N6O8/c1-9-10-21-27(33(48)35(50)41-22-28(47)43-30(36(51)45(7)8)24-17-13-11-14-18-24)42-34(49)32-29-26(40(29,5)6)23-46(32)37(52)31(25-19-15-12-16-20-25)44-38(53)54-39(2,3)4/h9,11,13-14,17-18,25-27,29-32H,1,10,12,15-16,19-23H2,2-8H3,(H,41,50)(H,42,49)(H,43,47)(H,44,53)/t26-,27?,29-,30?,31?,32-/m0/s1. The van der Waals surface area contributed by atoms with Crippen LogP contribution in [0.25, 0.3) is 0 Å². The number of allylic oxidation sites excluding steroid dienone is 1. The Morgan fingerprint density at radius 2 is 1.63 bits per heavy atom. The maximum absolute atomic E-state index is 14.4. The van der Waals surface area contributed by atoms with Crippen molar-refractivity contribution in [2.24, 2.45) is 23.2 Å². The molecule has 0 bridgehead atoms. The minimum absolute atomic E-state index is 0.0361. The summed E-state index contributed by atoms with van der Waals surface area (Å²) in [5.74, 6) is -4.33. The number of carbonyl (C=O) groups excluding carboxylic acids is 7. The van der Waals surface area contributed by atoms with Crippen LogP contribution < -0.4 is 21.3 Å². The highest BCUT2D eigenvalue weighted by molar-refractivity contribution is 6.38. The van der Waals surface area contributed by atoms with Crippen LogP contribution in [-0.2, 0) is 33.5 Å². The molecule has 3 fully saturated rings. The van der Waals surface area contributed by atoms with Gasteiger partial charge in [-0.2, -0.15) is 0 Å². The Morgan fingerprint density at radius 3 is 2.22 bits per heavy atom. The number of likely N-dealkylation sites (tertiary alicyclic amines) is 1. The summed E-state index contributed by atoms with van der Waals surface area (Å²) in [5.41, 5.74) is -0.468. The van der Waals surface area contributed by atoms with E-state index in [0.717, 1.165) is 32.1 Å². The fraction of sp³-hybridized carbons (Fsp3) is 0.625. The Morgan fingerprint density at radius 1 is 0.981 bits per heavy atom. The number of alkyl carbamates (subject to hydrolysis) is 1. The van der Waals surface area contributed by atoms with Crippen molar-refractivity contribution in [2.75, 3.05) is 27.2 Å². The number of fused-ring (bicyclic) bond motifs is 1. The van der Waals surface area contributed by atoms with Gasteiger partial charge in [-0.25, -0.2) is 4.79 Å². The highest BCUT2D eigenvalue weighted by Crippen LogP contribution is 2.65. The number of Topliss-reactive ketones (excluding diaryl/α,β-unsaturated/α-hetero) is 1. The molecule has 1 heterocycles. The molecule has 14 heteroatoms. The number of carbonyl (C=O) groups is 7. The van der Waals surface area contributed by atoms with E-state index in [4.69, 9.17) is 4.74 Å². The molecule has 14 nitrogen and oxygen atoms in total. The summed E-state index contributed by atoms with van der Waals surface area (Å²) in [6.07, 6.45) is 5.60. The van der Waals surface area contributed by atoms with Gasteiger partial charge in [0.05, 0.1) is 12.6 Å². The van der Waals surface area contributed by atoms with Crippen molar-refractivity contribution in [1.82, 2.24) is 31.1 Å². The lowest BCUT2D eigenvalue weighted by Crippen LogP contribution is -2.60. The summed E-state index contributed by atoms with van der Waals surface area (Å²) in [7, 11) is 3.12. The van der Waals surface area contributed by atoms with Gasteiger partial charge in [0.15, 0.2) is 0 Å². The van der Waals surface area contributed by atoms with E-state index in [-0.39, 0.29) is 41.4 Å². The zero-order valence-electron chi connectivity index (χ0n) is 32.7. The molecule has 0 radical (unpaired) electrons. The molecule has 0 spiro atoms. The molecule has 2 saturated carbocycles. The van der Waals surface area contributed by atoms with Crippen LogP contribution in [0.15, 0.2) is 43.0 Å². The molecule has 3 unspecified atom stereocenters. The molecule has 0 aromatic heterocycles. The van der Waals surface area contributed by atoms with E-state index in [1.807, 2.05) is 13.8 Å². The van der Waals surface area contributed by atoms with E-state index < -0.39 is 65.9 Å². The SMILES string of the molecule is C=CCCC(NC(=O)[C@@H]1[C@@H]2[C@H](CN1C(=O)C(NC(=O)OC(C)(C)C)C1CCCCC1)C2(C)C)C(=O)C(=O)NCC(=O)NC(C(=O)N(C)C)c1ccccc1. The first-order valence-electron chi connectivity index (χ1n) is 19.0. The van der Waals surface area contributed by atoms with Gasteiger partial charge in [0.2, 0.25) is 29.4 Å². The number of benzene rings is 1. The van der Waals surface area contributed by atoms with Crippen LogP contribution in [0.2, 0.25) is 0 Å². The Bertz CT molecular complexity index is 1580. The van der Waals surface area contributed by atoms with Crippen molar-refractivity contribution in [2.45, 2.75) is 109 Å². The zero-order chi connectivity index (χ0) is 40.0. The Balaban J connectivity index is 1.47. The van der Waals surface area contributed by atoms with Gasteiger partial charge < -0.3 is 35.8 Å². The van der Waals surface area contributed by atoms with Crippen LogP contribution in [-0.4, -0.2) is 102 Å². The number of ether oxygens (including phenoxy) is 1. The second-order valence-corrected chi connectivity index (χ2v) is 16.5. The van der Waals surface area contributed by atoms with Gasteiger partial charge in [0, 0.05) is 20.6 Å². The summed E-state index contributed by atoms with van der Waals surface area (Å²) < 4.78 is 5.52. The normalized spacial score (nSPS) is 22.0. The summed E-state index contributed by atoms with van der Waals surface area (Å²) in [4.78, 5) is 96.9. The maximum Gasteiger partial charge on any atom is 0.408 e. The highest BCUT2D eigenvalue weighted by atomic mass is 16.6. The predicted octanol–water partition coefficient (Wildman–Crippen LogP) is 3.03. The lowest BCUT2D eigenvalue weighted by atomic mass is 9.83. The molecule has 1 aromatic carbocycles. The maximum atomic E-state index is 14.4. The van der Waals surface area contributed by atoms with Crippen molar-refractivity contribution in [3.8, 4) is 0 Å². The number of nitrogens with one attached hydrogen (secondary N) is 4. The topological polar surface area (TPSA) is 183 Å². The second-order valence-electron chi connectivity index (χ2n) is 16.5. The quantitative estimate of drug-likeness (QED) is 0.156. The van der Waals surface area contributed by atoms with Crippen LogP contribution >= 0.6 is 0 Å². The minimum atomic E-state index is -1.27. The molecule has 6 amide bonds. The number of rotatable bonds is 15. The molecule has 3 aliphatic rings. The highest BCUT2D eigenvalue weighted by Gasteiger charge is 2.69. The molecular weight excluding hydrogens is 692 g/mol. The number of nitrogens with zero attached hydrogens (tertiary/aromatic N) is 2. The lowest BCUT2D eigenvalue weighted by molar-refractivity contribution is -0.145. The first-order valence-corrected chi connectivity index (χ1v) is 19.0. The molecule has 4 N–H and O–H groups in total. The number of hydrogen-bond donors (Lipinski definition) is 4. The largest absolute Gasteiger partial charge is 0.444 e. The van der Waals surface area contributed by atoms with Gasteiger partial charge in [-0.3, -0.25) is 28.8 Å². The molecule has 1 aliphatic heterocycles. The first-order chi connectivity index (χ1) is 25.4. The molecule has 6 atom stereocenters. The third kappa shape index (κ3) is 10.3. The van der Waals surface area contributed by atoms with E-state index >= 15 is 0 Å². The fourth-order valence-electron chi connectivity index (χ4n) is 7.89. The summed E-state index contributed by atoms with van der Waals surface area (Å²) >= 11 is 0. The van der Waals surface area contributed by atoms with Crippen molar-refractivity contribution >= 4 is 41.4 Å². The van der Waals surface area contributed by atoms with Crippen LogP contribution in [0.3, 0.4) is 0 Å². The van der Waals surface area contributed by atoms with Crippen LogP contribution in [0.5, 0.6) is 0 Å².